The Kier molecular flexibility index (Phi) is 4.70. The first-order valence-corrected chi connectivity index (χ1v) is 5.47. The van der Waals surface area contributed by atoms with E-state index in [1.54, 1.807) is 0 Å². The second-order valence-corrected chi connectivity index (χ2v) is 3.97. The molecule has 0 spiro atoms. The zero-order valence-corrected chi connectivity index (χ0v) is 9.35. The van der Waals surface area contributed by atoms with Crippen molar-refractivity contribution in [3.05, 3.63) is 0 Å². The highest BCUT2D eigenvalue weighted by Crippen LogP contribution is 2.17. The van der Waals surface area contributed by atoms with Crippen LogP contribution in [0.15, 0.2) is 0 Å². The van der Waals surface area contributed by atoms with Crippen LogP contribution < -0.4 is 5.32 Å². The van der Waals surface area contributed by atoms with Crippen LogP contribution in [0.25, 0.3) is 0 Å². The van der Waals surface area contributed by atoms with Gasteiger partial charge in [-0.2, -0.15) is 0 Å². The molecular weight excluding hydrogens is 212 g/mol. The molecule has 0 unspecified atom stereocenters. The predicted molar refractivity (Wildman–Crippen MR) is 56.9 cm³/mol. The van der Waals surface area contributed by atoms with Gasteiger partial charge in [0.05, 0.1) is 12.6 Å². The highest BCUT2D eigenvalue weighted by Gasteiger charge is 2.38. The number of aliphatic carboxylic acids is 1. The molecule has 16 heavy (non-hydrogen) atoms. The molecular formula is C10H18N2O4. The molecule has 0 aromatic rings. The Bertz CT molecular complexity index is 270. The number of rotatable bonds is 5. The van der Waals surface area contributed by atoms with Crippen molar-refractivity contribution in [3.63, 3.8) is 0 Å². The topological polar surface area (TPSA) is 89.9 Å². The summed E-state index contributed by atoms with van der Waals surface area (Å²) in [7, 11) is 0. The standard InChI is InChI=1S/C10H18N2O4/c1-2-3-11-5-9(14)12-6-7(13)4-8(12)10(15)16/h7-8,11,13H,2-6H2,1H3,(H,15,16)/t7-,8-/m1/s1. The lowest BCUT2D eigenvalue weighted by molar-refractivity contribution is -0.147. The summed E-state index contributed by atoms with van der Waals surface area (Å²) in [6.45, 7) is 2.95. The summed E-state index contributed by atoms with van der Waals surface area (Å²) in [5.74, 6) is -1.32. The highest BCUT2D eigenvalue weighted by molar-refractivity contribution is 5.85. The number of hydrogen-bond acceptors (Lipinski definition) is 4. The monoisotopic (exact) mass is 230 g/mol. The molecule has 0 bridgehead atoms. The highest BCUT2D eigenvalue weighted by atomic mass is 16.4. The fourth-order valence-corrected chi connectivity index (χ4v) is 1.80. The maximum Gasteiger partial charge on any atom is 0.326 e. The number of β-amino-alcohol motifs (C(OH)–C–C–N with tert-alkyl or cyclic N) is 1. The number of nitrogens with one attached hydrogen (secondary N) is 1. The molecule has 0 aromatic carbocycles. The summed E-state index contributed by atoms with van der Waals surface area (Å²) in [6.07, 6.45) is 0.309. The van der Waals surface area contributed by atoms with Gasteiger partial charge in [0.1, 0.15) is 6.04 Å². The van der Waals surface area contributed by atoms with Crippen LogP contribution in [-0.4, -0.2) is 58.8 Å². The number of aliphatic hydroxyl groups is 1. The third-order valence-electron chi connectivity index (χ3n) is 2.59. The van der Waals surface area contributed by atoms with Crippen LogP contribution in [0.3, 0.4) is 0 Å². The van der Waals surface area contributed by atoms with E-state index >= 15 is 0 Å². The summed E-state index contributed by atoms with van der Waals surface area (Å²) in [5, 5.41) is 21.2. The molecule has 6 nitrogen and oxygen atoms in total. The SMILES string of the molecule is CCCNCC(=O)N1C[C@H](O)C[C@@H]1C(=O)O. The predicted octanol–water partition coefficient (Wildman–Crippen LogP) is -0.968. The number of amides is 1. The molecule has 1 rings (SSSR count). The van der Waals surface area contributed by atoms with Gasteiger partial charge in [0.2, 0.25) is 5.91 Å². The van der Waals surface area contributed by atoms with Crippen LogP contribution in [0.2, 0.25) is 0 Å². The van der Waals surface area contributed by atoms with Crippen LogP contribution >= 0.6 is 0 Å². The van der Waals surface area contributed by atoms with Crippen LogP contribution in [0.5, 0.6) is 0 Å². The van der Waals surface area contributed by atoms with Crippen molar-refractivity contribution < 1.29 is 19.8 Å². The number of likely N-dealkylation sites (tertiary alicyclic amines) is 1. The molecule has 92 valence electrons. The van der Waals surface area contributed by atoms with Gasteiger partial charge >= 0.3 is 5.97 Å². The zero-order chi connectivity index (χ0) is 12.1. The average Bonchev–Trinajstić information content (AvgIpc) is 2.61. The third kappa shape index (κ3) is 3.18. The van der Waals surface area contributed by atoms with Gasteiger partial charge in [-0.1, -0.05) is 6.92 Å². The quantitative estimate of drug-likeness (QED) is 0.529. The zero-order valence-electron chi connectivity index (χ0n) is 9.35. The molecule has 0 saturated carbocycles. The summed E-state index contributed by atoms with van der Waals surface area (Å²) < 4.78 is 0. The Morgan fingerprint density at radius 1 is 1.50 bits per heavy atom. The second-order valence-electron chi connectivity index (χ2n) is 3.97. The van der Waals surface area contributed by atoms with Crippen LogP contribution in [0.4, 0.5) is 0 Å². The number of carbonyl (C=O) groups is 2. The van der Waals surface area contributed by atoms with E-state index in [4.69, 9.17) is 5.11 Å². The van der Waals surface area contributed by atoms with Gasteiger partial charge in [0.25, 0.3) is 0 Å². The minimum atomic E-state index is -1.06. The molecule has 1 aliphatic rings. The van der Waals surface area contributed by atoms with Crippen molar-refractivity contribution in [1.82, 2.24) is 10.2 Å². The molecule has 2 atom stereocenters. The van der Waals surface area contributed by atoms with E-state index < -0.39 is 18.1 Å². The number of carboxylic acid groups (broad SMARTS) is 1. The maximum absolute atomic E-state index is 11.7. The molecule has 0 radical (unpaired) electrons. The minimum absolute atomic E-state index is 0.115. The van der Waals surface area contributed by atoms with Crippen molar-refractivity contribution in [2.24, 2.45) is 0 Å². The smallest absolute Gasteiger partial charge is 0.326 e. The van der Waals surface area contributed by atoms with E-state index in [0.717, 1.165) is 13.0 Å². The Hall–Kier alpha value is -1.14. The van der Waals surface area contributed by atoms with Gasteiger partial charge < -0.3 is 20.4 Å². The lowest BCUT2D eigenvalue weighted by Crippen LogP contribution is -2.44. The minimum Gasteiger partial charge on any atom is -0.480 e. The Labute approximate surface area is 94.2 Å². The summed E-state index contributed by atoms with van der Waals surface area (Å²) in [5.41, 5.74) is 0. The molecule has 6 heteroatoms. The van der Waals surface area contributed by atoms with Gasteiger partial charge in [0.15, 0.2) is 0 Å². The summed E-state index contributed by atoms with van der Waals surface area (Å²) in [4.78, 5) is 23.8. The third-order valence-corrected chi connectivity index (χ3v) is 2.59. The van der Waals surface area contributed by atoms with E-state index in [1.807, 2.05) is 6.92 Å². The van der Waals surface area contributed by atoms with E-state index in [0.29, 0.717) is 0 Å². The van der Waals surface area contributed by atoms with Crippen molar-refractivity contribution in [3.8, 4) is 0 Å². The van der Waals surface area contributed by atoms with Crippen LogP contribution in [-0.2, 0) is 9.59 Å². The largest absolute Gasteiger partial charge is 0.480 e. The van der Waals surface area contributed by atoms with E-state index in [1.165, 1.54) is 4.90 Å². The first kappa shape index (κ1) is 12.9. The van der Waals surface area contributed by atoms with Gasteiger partial charge in [0, 0.05) is 13.0 Å². The fraction of sp³-hybridized carbons (Fsp3) is 0.800. The van der Waals surface area contributed by atoms with Crippen molar-refractivity contribution in [2.75, 3.05) is 19.6 Å². The molecule has 1 saturated heterocycles. The van der Waals surface area contributed by atoms with Crippen molar-refractivity contribution in [1.29, 1.82) is 0 Å². The van der Waals surface area contributed by atoms with Crippen molar-refractivity contribution in [2.45, 2.75) is 31.9 Å². The molecule has 1 fully saturated rings. The average molecular weight is 230 g/mol. The van der Waals surface area contributed by atoms with Gasteiger partial charge in [-0.15, -0.1) is 0 Å². The number of carbonyl (C=O) groups excluding carboxylic acids is 1. The normalized spacial score (nSPS) is 24.8. The molecule has 0 aliphatic carbocycles. The first-order chi connectivity index (χ1) is 7.56. The van der Waals surface area contributed by atoms with E-state index in [9.17, 15) is 14.7 Å². The second kappa shape index (κ2) is 5.81. The Morgan fingerprint density at radius 2 is 2.19 bits per heavy atom. The number of carboxylic acids is 1. The molecule has 1 heterocycles. The molecule has 3 N–H and O–H groups in total. The maximum atomic E-state index is 11.7. The molecule has 1 amide bonds. The molecule has 0 aromatic heterocycles. The lowest BCUT2D eigenvalue weighted by atomic mass is 10.2. The van der Waals surface area contributed by atoms with Gasteiger partial charge in [-0.25, -0.2) is 4.79 Å². The molecule has 1 aliphatic heterocycles. The van der Waals surface area contributed by atoms with Gasteiger partial charge in [-0.05, 0) is 13.0 Å². The Morgan fingerprint density at radius 3 is 2.75 bits per heavy atom. The Balaban J connectivity index is 2.50. The summed E-state index contributed by atoms with van der Waals surface area (Å²) >= 11 is 0. The van der Waals surface area contributed by atoms with E-state index in [2.05, 4.69) is 5.32 Å². The first-order valence-electron chi connectivity index (χ1n) is 5.47. The van der Waals surface area contributed by atoms with Crippen molar-refractivity contribution >= 4 is 11.9 Å². The van der Waals surface area contributed by atoms with Crippen LogP contribution in [0, 0.1) is 0 Å². The lowest BCUT2D eigenvalue weighted by Gasteiger charge is -2.21. The number of aliphatic hydroxyl groups excluding tert-OH is 1. The number of hydrogen-bond donors (Lipinski definition) is 3. The van der Waals surface area contributed by atoms with E-state index in [-0.39, 0.29) is 25.4 Å². The summed E-state index contributed by atoms with van der Waals surface area (Å²) in [6, 6.07) is -0.883. The van der Waals surface area contributed by atoms with Gasteiger partial charge in [-0.3, -0.25) is 4.79 Å². The fourth-order valence-electron chi connectivity index (χ4n) is 1.80. The number of nitrogens with zero attached hydrogens (tertiary/aromatic N) is 1. The van der Waals surface area contributed by atoms with Crippen LogP contribution in [0.1, 0.15) is 19.8 Å².